The van der Waals surface area contributed by atoms with E-state index >= 15 is 0 Å². The van der Waals surface area contributed by atoms with Crippen LogP contribution in [0.1, 0.15) is 32.3 Å². The first-order valence-electron chi connectivity index (χ1n) is 8.15. The van der Waals surface area contributed by atoms with Crippen LogP contribution in [0.2, 0.25) is 5.02 Å². The lowest BCUT2D eigenvalue weighted by Gasteiger charge is -2.45. The highest BCUT2D eigenvalue weighted by molar-refractivity contribution is 6.30. The average molecular weight is 349 g/mol. The largest absolute Gasteiger partial charge is 0.330 e. The lowest BCUT2D eigenvalue weighted by molar-refractivity contribution is -0.128. The molecule has 0 unspecified atom stereocenters. The maximum atomic E-state index is 12.4. The van der Waals surface area contributed by atoms with Gasteiger partial charge < -0.3 is 0 Å². The Morgan fingerprint density at radius 1 is 1.21 bits per heavy atom. The topological polar surface area (TPSA) is 65.0 Å². The minimum absolute atomic E-state index is 0.237. The van der Waals surface area contributed by atoms with Gasteiger partial charge in [-0.25, -0.2) is 4.79 Å². The predicted octanol–water partition coefficient (Wildman–Crippen LogP) is 2.83. The summed E-state index contributed by atoms with van der Waals surface area (Å²) < 4.78 is 0. The summed E-state index contributed by atoms with van der Waals surface area (Å²) in [5, 5.41) is 3.18. The smallest absolute Gasteiger partial charge is 0.277 e. The Kier molecular flexibility index (Phi) is 4.60. The van der Waals surface area contributed by atoms with E-state index in [1.54, 1.807) is 4.90 Å². The Balaban J connectivity index is 1.83. The van der Waals surface area contributed by atoms with Gasteiger partial charge in [0.15, 0.2) is 0 Å². The highest BCUT2D eigenvalue weighted by atomic mass is 35.5. The van der Waals surface area contributed by atoms with Crippen molar-refractivity contribution >= 4 is 29.4 Å². The number of aliphatic imine (C=N–C) groups is 1. The quantitative estimate of drug-likeness (QED) is 0.910. The lowest BCUT2D eigenvalue weighted by Crippen LogP contribution is -2.66. The number of imide groups is 1. The molecule has 3 amide bonds. The molecule has 1 saturated heterocycles. The zero-order valence-corrected chi connectivity index (χ0v) is 14.6. The molecule has 2 aliphatic rings. The number of amidine groups is 1. The molecule has 1 aromatic rings. The van der Waals surface area contributed by atoms with Crippen molar-refractivity contribution in [2.75, 3.05) is 13.3 Å². The van der Waals surface area contributed by atoms with Crippen molar-refractivity contribution < 1.29 is 9.59 Å². The summed E-state index contributed by atoms with van der Waals surface area (Å²) in [7, 11) is 0. The number of hydrogen-bond donors (Lipinski definition) is 1. The van der Waals surface area contributed by atoms with Crippen LogP contribution in [0.4, 0.5) is 4.79 Å². The van der Waals surface area contributed by atoms with Gasteiger partial charge in [-0.1, -0.05) is 37.6 Å². The van der Waals surface area contributed by atoms with Crippen molar-refractivity contribution in [3.05, 3.63) is 34.9 Å². The third kappa shape index (κ3) is 2.80. The Morgan fingerprint density at radius 2 is 1.88 bits per heavy atom. The minimum atomic E-state index is -0.708. The van der Waals surface area contributed by atoms with E-state index in [0.29, 0.717) is 43.6 Å². The van der Waals surface area contributed by atoms with Gasteiger partial charge in [0.05, 0.1) is 13.3 Å². The van der Waals surface area contributed by atoms with Crippen LogP contribution in [-0.2, 0) is 11.3 Å². The first kappa shape index (κ1) is 16.9. The van der Waals surface area contributed by atoms with Gasteiger partial charge in [-0.05, 0) is 30.5 Å². The van der Waals surface area contributed by atoms with E-state index in [0.717, 1.165) is 5.56 Å². The molecule has 0 aliphatic carbocycles. The second kappa shape index (κ2) is 6.53. The maximum absolute atomic E-state index is 12.4. The highest BCUT2D eigenvalue weighted by Crippen LogP contribution is 2.34. The second-order valence-corrected chi connectivity index (χ2v) is 6.63. The van der Waals surface area contributed by atoms with Crippen LogP contribution in [0.25, 0.3) is 0 Å². The molecule has 2 aliphatic heterocycles. The van der Waals surface area contributed by atoms with Gasteiger partial charge in [-0.15, -0.1) is 0 Å². The van der Waals surface area contributed by atoms with E-state index in [1.165, 1.54) is 0 Å². The number of rotatable bonds is 4. The van der Waals surface area contributed by atoms with Gasteiger partial charge >= 0.3 is 6.03 Å². The Labute approximate surface area is 146 Å². The van der Waals surface area contributed by atoms with Gasteiger partial charge in [0.25, 0.3) is 0 Å². The van der Waals surface area contributed by atoms with E-state index in [4.69, 9.17) is 11.6 Å². The molecule has 2 heterocycles. The zero-order chi connectivity index (χ0) is 17.3. The fourth-order valence-electron chi connectivity index (χ4n) is 3.36. The normalized spacial score (nSPS) is 20.5. The first-order valence-corrected chi connectivity index (χ1v) is 8.52. The molecule has 6 nitrogen and oxygen atoms in total. The number of hydrogen-bond acceptors (Lipinski definition) is 4. The van der Waals surface area contributed by atoms with Crippen molar-refractivity contribution in [2.45, 2.75) is 33.2 Å². The molecule has 0 bridgehead atoms. The van der Waals surface area contributed by atoms with Crippen LogP contribution >= 0.6 is 11.6 Å². The molecule has 1 aromatic carbocycles. The molecular weight excluding hydrogens is 328 g/mol. The molecule has 128 valence electrons. The molecule has 0 radical (unpaired) electrons. The molecule has 24 heavy (non-hydrogen) atoms. The van der Waals surface area contributed by atoms with Crippen LogP contribution < -0.4 is 5.32 Å². The van der Waals surface area contributed by atoms with Crippen molar-refractivity contribution in [3.8, 4) is 0 Å². The van der Waals surface area contributed by atoms with Gasteiger partial charge in [0.2, 0.25) is 5.91 Å². The fraction of sp³-hybridized carbons (Fsp3) is 0.471. The van der Waals surface area contributed by atoms with Crippen molar-refractivity contribution in [2.24, 2.45) is 10.4 Å². The number of carbonyl (C=O) groups is 2. The summed E-state index contributed by atoms with van der Waals surface area (Å²) in [5.74, 6) is 0.368. The summed E-state index contributed by atoms with van der Waals surface area (Å²) in [4.78, 5) is 32.9. The molecule has 0 saturated carbocycles. The molecule has 1 fully saturated rings. The Hall–Kier alpha value is -1.92. The number of nitrogens with one attached hydrogen (secondary N) is 1. The number of nitrogens with zero attached hydrogens (tertiary/aromatic N) is 3. The second-order valence-electron chi connectivity index (χ2n) is 6.20. The van der Waals surface area contributed by atoms with Crippen LogP contribution in [0.15, 0.2) is 29.3 Å². The lowest BCUT2D eigenvalue weighted by atomic mass is 9.78. The van der Waals surface area contributed by atoms with Crippen LogP contribution in [-0.4, -0.2) is 40.9 Å². The standard InChI is InChI=1S/C17H21ClN4O2/c1-3-17(4-2)14-19-10-21(9-12-5-7-13(18)8-6-12)11-22(14)16(24)20-15(17)23/h5-8H,3-4,9-11H2,1-2H3,(H,20,23,24). The Morgan fingerprint density at radius 3 is 2.50 bits per heavy atom. The van der Waals surface area contributed by atoms with Crippen molar-refractivity contribution in [1.29, 1.82) is 0 Å². The molecular formula is C17H21ClN4O2. The van der Waals surface area contributed by atoms with E-state index < -0.39 is 11.4 Å². The maximum Gasteiger partial charge on any atom is 0.330 e. The summed E-state index contributed by atoms with van der Waals surface area (Å²) in [6, 6.07) is 7.23. The summed E-state index contributed by atoms with van der Waals surface area (Å²) in [6.07, 6.45) is 1.24. The van der Waals surface area contributed by atoms with Crippen LogP contribution in [0.3, 0.4) is 0 Å². The molecule has 0 atom stereocenters. The number of amides is 3. The number of carbonyl (C=O) groups excluding carboxylic acids is 2. The van der Waals surface area contributed by atoms with Crippen molar-refractivity contribution in [3.63, 3.8) is 0 Å². The third-order valence-electron chi connectivity index (χ3n) is 4.87. The zero-order valence-electron chi connectivity index (χ0n) is 13.9. The predicted molar refractivity (Wildman–Crippen MR) is 92.6 cm³/mol. The van der Waals surface area contributed by atoms with Crippen LogP contribution in [0.5, 0.6) is 0 Å². The van der Waals surface area contributed by atoms with Crippen LogP contribution in [0, 0.1) is 5.41 Å². The molecule has 1 N–H and O–H groups in total. The highest BCUT2D eigenvalue weighted by Gasteiger charge is 2.50. The van der Waals surface area contributed by atoms with Gasteiger partial charge in [-0.3, -0.25) is 24.9 Å². The number of urea groups is 1. The van der Waals surface area contributed by atoms with Gasteiger partial charge in [-0.2, -0.15) is 0 Å². The summed E-state index contributed by atoms with van der Waals surface area (Å²) in [5.41, 5.74) is 0.393. The third-order valence-corrected chi connectivity index (χ3v) is 5.12. The monoisotopic (exact) mass is 348 g/mol. The number of fused-ring (bicyclic) bond motifs is 1. The van der Waals surface area contributed by atoms with Gasteiger partial charge in [0.1, 0.15) is 11.3 Å². The molecule has 0 aromatic heterocycles. The first-order chi connectivity index (χ1) is 11.5. The molecule has 3 rings (SSSR count). The molecule has 7 heteroatoms. The van der Waals surface area contributed by atoms with E-state index in [9.17, 15) is 9.59 Å². The van der Waals surface area contributed by atoms with E-state index in [-0.39, 0.29) is 5.91 Å². The summed E-state index contributed by atoms with van der Waals surface area (Å²) >= 11 is 5.91. The van der Waals surface area contributed by atoms with Crippen molar-refractivity contribution in [1.82, 2.24) is 15.1 Å². The minimum Gasteiger partial charge on any atom is -0.277 e. The van der Waals surface area contributed by atoms with E-state index in [2.05, 4.69) is 15.2 Å². The fourth-order valence-corrected chi connectivity index (χ4v) is 3.48. The SMILES string of the molecule is CCC1(CC)C(=O)NC(=O)N2CN(Cc3ccc(Cl)cc3)CN=C21. The number of benzene rings is 1. The average Bonchev–Trinajstić information content (AvgIpc) is 2.58. The number of halogens is 1. The Bertz CT molecular complexity index is 682. The van der Waals surface area contributed by atoms with Gasteiger partial charge in [0, 0.05) is 11.6 Å². The molecule has 0 spiro atoms. The van der Waals surface area contributed by atoms with E-state index in [1.807, 2.05) is 38.1 Å². The summed E-state index contributed by atoms with van der Waals surface area (Å²) in [6.45, 7) is 5.47.